The van der Waals surface area contributed by atoms with Crippen LogP contribution in [0, 0.1) is 0 Å². The van der Waals surface area contributed by atoms with Gasteiger partial charge in [-0.1, -0.05) is 6.07 Å². The minimum Gasteiger partial charge on any atom is -0.207 e. The Hall–Kier alpha value is -0.990. The maximum atomic E-state index is 12.4. The number of nitrogens with zero attached hydrogens (tertiary/aromatic N) is 1. The monoisotopic (exact) mass is 172 g/mol. The maximum absolute atomic E-state index is 12.4. The second kappa shape index (κ2) is 3.61. The van der Waals surface area contributed by atoms with E-state index in [4.69, 9.17) is 0 Å². The molecule has 0 unspecified atom stereocenters. The summed E-state index contributed by atoms with van der Waals surface area (Å²) >= 11 is 0. The number of aromatic nitrogens is 1. The molecular formula is C9H12F2N+. The molecule has 0 amide bonds. The summed E-state index contributed by atoms with van der Waals surface area (Å²) in [6, 6.07) is 5.52. The highest BCUT2D eigenvalue weighted by Crippen LogP contribution is 2.15. The Kier molecular flexibility index (Phi) is 2.74. The van der Waals surface area contributed by atoms with Crippen LogP contribution in [0.2, 0.25) is 0 Å². The largest absolute Gasteiger partial charge is 0.251 e. The first-order valence-electron chi connectivity index (χ1n) is 3.90. The van der Waals surface area contributed by atoms with Crippen molar-refractivity contribution >= 4 is 0 Å². The Bertz CT molecular complexity index is 228. The van der Waals surface area contributed by atoms with Gasteiger partial charge < -0.3 is 0 Å². The van der Waals surface area contributed by atoms with Crippen molar-refractivity contribution in [3.8, 4) is 0 Å². The SMILES string of the molecule is CC(F)(F)CC[n+]1ccccc1. The number of halogens is 2. The number of alkyl halides is 2. The molecule has 1 aromatic rings. The quantitative estimate of drug-likeness (QED) is 0.614. The third-order valence-electron chi connectivity index (χ3n) is 1.59. The van der Waals surface area contributed by atoms with Crippen LogP contribution in [0.1, 0.15) is 13.3 Å². The van der Waals surface area contributed by atoms with Gasteiger partial charge in [0.15, 0.2) is 18.9 Å². The lowest BCUT2D eigenvalue weighted by atomic mass is 10.2. The molecule has 0 N–H and O–H groups in total. The van der Waals surface area contributed by atoms with Crippen LogP contribution in [0.3, 0.4) is 0 Å². The van der Waals surface area contributed by atoms with Gasteiger partial charge >= 0.3 is 0 Å². The van der Waals surface area contributed by atoms with E-state index in [2.05, 4.69) is 0 Å². The average molecular weight is 172 g/mol. The summed E-state index contributed by atoms with van der Waals surface area (Å²) < 4.78 is 26.5. The Balaban J connectivity index is 2.44. The number of hydrogen-bond donors (Lipinski definition) is 0. The molecule has 0 spiro atoms. The zero-order chi connectivity index (χ0) is 9.03. The second-order valence-corrected chi connectivity index (χ2v) is 2.93. The zero-order valence-electron chi connectivity index (χ0n) is 7.00. The van der Waals surface area contributed by atoms with Crippen molar-refractivity contribution in [3.63, 3.8) is 0 Å². The second-order valence-electron chi connectivity index (χ2n) is 2.93. The normalized spacial score (nSPS) is 11.6. The van der Waals surface area contributed by atoms with E-state index in [-0.39, 0.29) is 6.42 Å². The van der Waals surface area contributed by atoms with Gasteiger partial charge in [0.05, 0.1) is 6.42 Å². The third kappa shape index (κ3) is 3.42. The smallest absolute Gasteiger partial charge is 0.207 e. The topological polar surface area (TPSA) is 3.88 Å². The number of pyridine rings is 1. The van der Waals surface area contributed by atoms with Crippen LogP contribution in [0.5, 0.6) is 0 Å². The van der Waals surface area contributed by atoms with Crippen LogP contribution in [-0.2, 0) is 6.54 Å². The fraction of sp³-hybridized carbons (Fsp3) is 0.444. The molecule has 12 heavy (non-hydrogen) atoms. The van der Waals surface area contributed by atoms with E-state index in [1.54, 1.807) is 17.0 Å². The summed E-state index contributed by atoms with van der Waals surface area (Å²) in [6.07, 6.45) is 3.46. The molecule has 3 heteroatoms. The molecule has 0 aliphatic heterocycles. The van der Waals surface area contributed by atoms with Crippen LogP contribution in [0.15, 0.2) is 30.6 Å². The Morgan fingerprint density at radius 2 is 1.75 bits per heavy atom. The zero-order valence-corrected chi connectivity index (χ0v) is 7.00. The Labute approximate surface area is 70.7 Å². The van der Waals surface area contributed by atoms with E-state index in [1.807, 2.05) is 18.2 Å². The molecule has 0 aliphatic rings. The van der Waals surface area contributed by atoms with Crippen molar-refractivity contribution in [1.82, 2.24) is 0 Å². The van der Waals surface area contributed by atoms with E-state index >= 15 is 0 Å². The van der Waals surface area contributed by atoms with Crippen LogP contribution in [-0.4, -0.2) is 5.92 Å². The first kappa shape index (κ1) is 9.10. The van der Waals surface area contributed by atoms with Gasteiger partial charge in [0.25, 0.3) is 5.92 Å². The van der Waals surface area contributed by atoms with Crippen molar-refractivity contribution < 1.29 is 13.3 Å². The molecule has 66 valence electrons. The van der Waals surface area contributed by atoms with E-state index in [0.29, 0.717) is 6.54 Å². The molecular weight excluding hydrogens is 160 g/mol. The molecule has 1 aromatic heterocycles. The van der Waals surface area contributed by atoms with E-state index in [9.17, 15) is 8.78 Å². The van der Waals surface area contributed by atoms with Gasteiger partial charge in [0, 0.05) is 12.1 Å². The predicted molar refractivity (Wildman–Crippen MR) is 41.9 cm³/mol. The van der Waals surface area contributed by atoms with Gasteiger partial charge in [0.1, 0.15) is 0 Å². The van der Waals surface area contributed by atoms with Gasteiger partial charge in [-0.25, -0.2) is 13.3 Å². The van der Waals surface area contributed by atoms with Crippen molar-refractivity contribution in [3.05, 3.63) is 30.6 Å². The summed E-state index contributed by atoms with van der Waals surface area (Å²) in [6.45, 7) is 1.31. The van der Waals surface area contributed by atoms with Gasteiger partial charge in [-0.05, 0) is 6.92 Å². The molecule has 0 aromatic carbocycles. The van der Waals surface area contributed by atoms with Crippen molar-refractivity contribution in [2.45, 2.75) is 25.8 Å². The van der Waals surface area contributed by atoms with Crippen LogP contribution in [0.4, 0.5) is 8.78 Å². The first-order chi connectivity index (χ1) is 5.58. The van der Waals surface area contributed by atoms with E-state index in [0.717, 1.165) is 6.92 Å². The van der Waals surface area contributed by atoms with Gasteiger partial charge in [0.2, 0.25) is 0 Å². The highest BCUT2D eigenvalue weighted by atomic mass is 19.3. The molecule has 0 aliphatic carbocycles. The van der Waals surface area contributed by atoms with Gasteiger partial charge in [-0.3, -0.25) is 0 Å². The molecule has 0 atom stereocenters. The van der Waals surface area contributed by atoms with Crippen LogP contribution in [0.25, 0.3) is 0 Å². The average Bonchev–Trinajstić information content (AvgIpc) is 2.02. The molecule has 0 bridgehead atoms. The van der Waals surface area contributed by atoms with Gasteiger partial charge in [-0.15, -0.1) is 0 Å². The summed E-state index contributed by atoms with van der Waals surface area (Å²) in [7, 11) is 0. The van der Waals surface area contributed by atoms with E-state index < -0.39 is 5.92 Å². The fourth-order valence-electron chi connectivity index (χ4n) is 0.909. The molecule has 0 radical (unpaired) electrons. The van der Waals surface area contributed by atoms with E-state index in [1.165, 1.54) is 0 Å². The standard InChI is InChI=1S/C9H12F2N/c1-9(10,11)5-8-12-6-3-2-4-7-12/h2-4,6-7H,5,8H2,1H3/q+1. The number of hydrogen-bond acceptors (Lipinski definition) is 0. The highest BCUT2D eigenvalue weighted by Gasteiger charge is 2.22. The predicted octanol–water partition coefficient (Wildman–Crippen LogP) is 2.02. The first-order valence-corrected chi connectivity index (χ1v) is 3.90. The molecule has 0 fully saturated rings. The minimum atomic E-state index is -2.57. The van der Waals surface area contributed by atoms with Crippen molar-refractivity contribution in [2.75, 3.05) is 0 Å². The van der Waals surface area contributed by atoms with Crippen molar-refractivity contribution in [2.24, 2.45) is 0 Å². The van der Waals surface area contributed by atoms with Gasteiger partial charge in [-0.2, -0.15) is 0 Å². The van der Waals surface area contributed by atoms with Crippen molar-refractivity contribution in [1.29, 1.82) is 0 Å². The summed E-state index contributed by atoms with van der Waals surface area (Å²) in [5.41, 5.74) is 0. The number of rotatable bonds is 3. The summed E-state index contributed by atoms with van der Waals surface area (Å²) in [4.78, 5) is 0. The Morgan fingerprint density at radius 3 is 2.25 bits per heavy atom. The minimum absolute atomic E-state index is 0.109. The summed E-state index contributed by atoms with van der Waals surface area (Å²) in [5.74, 6) is -2.57. The lowest BCUT2D eigenvalue weighted by Gasteiger charge is -2.05. The lowest BCUT2D eigenvalue weighted by Crippen LogP contribution is -2.35. The molecule has 0 saturated heterocycles. The third-order valence-corrected chi connectivity index (χ3v) is 1.59. The molecule has 1 heterocycles. The summed E-state index contributed by atoms with van der Waals surface area (Å²) in [5, 5.41) is 0. The van der Waals surface area contributed by atoms with Crippen LogP contribution < -0.4 is 4.57 Å². The fourth-order valence-corrected chi connectivity index (χ4v) is 0.909. The van der Waals surface area contributed by atoms with Crippen LogP contribution >= 0.6 is 0 Å². The Morgan fingerprint density at radius 1 is 1.17 bits per heavy atom. The molecule has 1 rings (SSSR count). The maximum Gasteiger partial charge on any atom is 0.251 e. The lowest BCUT2D eigenvalue weighted by molar-refractivity contribution is -0.699. The molecule has 0 saturated carbocycles. The molecule has 1 nitrogen and oxygen atoms in total. The highest BCUT2D eigenvalue weighted by molar-refractivity contribution is 4.83. The number of aryl methyl sites for hydroxylation is 1.